The first-order valence-corrected chi connectivity index (χ1v) is 9.23. The molecule has 2 heteroatoms. The summed E-state index contributed by atoms with van der Waals surface area (Å²) in [5, 5.41) is 3.98. The molecule has 0 atom stereocenters. The van der Waals surface area contributed by atoms with Crippen molar-refractivity contribution in [2.45, 2.75) is 69.9 Å². The number of hydrogen-bond donors (Lipinski definition) is 1. The van der Waals surface area contributed by atoms with Crippen molar-refractivity contribution in [3.8, 4) is 0 Å². The summed E-state index contributed by atoms with van der Waals surface area (Å²) in [5.74, 6) is 4.28. The van der Waals surface area contributed by atoms with Crippen molar-refractivity contribution in [2.75, 3.05) is 20.1 Å². The van der Waals surface area contributed by atoms with Crippen LogP contribution in [0.2, 0.25) is 0 Å². The molecule has 5 rings (SSSR count). The van der Waals surface area contributed by atoms with Gasteiger partial charge in [0.05, 0.1) is 0 Å². The van der Waals surface area contributed by atoms with Crippen molar-refractivity contribution < 1.29 is 0 Å². The van der Waals surface area contributed by atoms with Crippen LogP contribution in [0, 0.1) is 23.7 Å². The van der Waals surface area contributed by atoms with Crippen LogP contribution in [0.15, 0.2) is 0 Å². The zero-order chi connectivity index (χ0) is 13.5. The summed E-state index contributed by atoms with van der Waals surface area (Å²) in [4.78, 5) is 2.62. The van der Waals surface area contributed by atoms with Crippen molar-refractivity contribution in [3.63, 3.8) is 0 Å². The molecular formula is C18H32N2. The maximum Gasteiger partial charge on any atom is 0.0124 e. The fraction of sp³-hybridized carbons (Fsp3) is 1.00. The van der Waals surface area contributed by atoms with E-state index in [1.165, 1.54) is 38.8 Å². The first kappa shape index (κ1) is 13.6. The van der Waals surface area contributed by atoms with Crippen LogP contribution in [0.4, 0.5) is 0 Å². The maximum absolute atomic E-state index is 3.98. The Bertz CT molecular complexity index is 306. The smallest absolute Gasteiger partial charge is 0.0124 e. The molecule has 5 fully saturated rings. The van der Waals surface area contributed by atoms with E-state index in [0.717, 1.165) is 35.8 Å². The molecule has 0 aliphatic heterocycles. The van der Waals surface area contributed by atoms with Crippen LogP contribution in [-0.2, 0) is 0 Å². The van der Waals surface area contributed by atoms with E-state index >= 15 is 0 Å². The normalized spacial score (nSPS) is 43.8. The number of hydrogen-bond acceptors (Lipinski definition) is 2. The summed E-state index contributed by atoms with van der Waals surface area (Å²) in [7, 11) is 2.34. The molecule has 0 aromatic heterocycles. The maximum atomic E-state index is 3.98. The fourth-order valence-corrected chi connectivity index (χ4v) is 6.19. The minimum atomic E-state index is 0.875. The number of likely N-dealkylation sites (N-methyl/N-ethyl adjacent to an activating group) is 1. The monoisotopic (exact) mass is 276 g/mol. The summed E-state index contributed by atoms with van der Waals surface area (Å²) in [5.41, 5.74) is 0. The molecule has 0 saturated heterocycles. The van der Waals surface area contributed by atoms with Gasteiger partial charge in [0, 0.05) is 25.2 Å². The van der Waals surface area contributed by atoms with Gasteiger partial charge in [0.15, 0.2) is 0 Å². The van der Waals surface area contributed by atoms with E-state index in [2.05, 4.69) is 17.3 Å². The quantitative estimate of drug-likeness (QED) is 0.829. The van der Waals surface area contributed by atoms with Crippen molar-refractivity contribution in [1.29, 1.82) is 0 Å². The van der Waals surface area contributed by atoms with Crippen LogP contribution < -0.4 is 5.32 Å². The number of nitrogens with zero attached hydrogens (tertiary/aromatic N) is 1. The molecule has 2 nitrogen and oxygen atoms in total. The van der Waals surface area contributed by atoms with Crippen LogP contribution in [0.5, 0.6) is 0 Å². The second kappa shape index (κ2) is 5.61. The van der Waals surface area contributed by atoms with Gasteiger partial charge in [-0.2, -0.15) is 0 Å². The molecule has 0 heterocycles. The second-order valence-electron chi connectivity index (χ2n) is 8.33. The molecule has 5 aliphatic rings. The topological polar surface area (TPSA) is 15.3 Å². The van der Waals surface area contributed by atoms with Gasteiger partial charge in [-0.05, 0) is 75.7 Å². The molecule has 0 amide bonds. The third-order valence-corrected chi connectivity index (χ3v) is 7.02. The van der Waals surface area contributed by atoms with E-state index in [1.807, 2.05) is 0 Å². The van der Waals surface area contributed by atoms with Gasteiger partial charge < -0.3 is 10.2 Å². The van der Waals surface area contributed by atoms with Gasteiger partial charge in [-0.1, -0.05) is 12.8 Å². The molecular weight excluding hydrogens is 244 g/mol. The van der Waals surface area contributed by atoms with Crippen molar-refractivity contribution in [1.82, 2.24) is 10.2 Å². The molecule has 0 aromatic rings. The first-order chi connectivity index (χ1) is 9.79. The Balaban J connectivity index is 1.25. The minimum Gasteiger partial charge on any atom is -0.312 e. The Kier molecular flexibility index (Phi) is 3.80. The summed E-state index contributed by atoms with van der Waals surface area (Å²) in [6, 6.07) is 1.76. The average molecular weight is 276 g/mol. The third-order valence-electron chi connectivity index (χ3n) is 7.02. The van der Waals surface area contributed by atoms with Gasteiger partial charge in [-0.25, -0.2) is 0 Å². The number of rotatable bonds is 5. The highest BCUT2D eigenvalue weighted by Crippen LogP contribution is 2.53. The lowest BCUT2D eigenvalue weighted by atomic mass is 9.54. The number of nitrogens with one attached hydrogen (secondary N) is 1. The molecule has 114 valence electrons. The molecule has 5 aliphatic carbocycles. The summed E-state index contributed by atoms with van der Waals surface area (Å²) >= 11 is 0. The van der Waals surface area contributed by atoms with Gasteiger partial charge in [0.1, 0.15) is 0 Å². The van der Waals surface area contributed by atoms with Gasteiger partial charge >= 0.3 is 0 Å². The van der Waals surface area contributed by atoms with Crippen molar-refractivity contribution >= 4 is 0 Å². The first-order valence-electron chi connectivity index (χ1n) is 9.23. The lowest BCUT2D eigenvalue weighted by molar-refractivity contribution is -0.0142. The Hall–Kier alpha value is -0.0800. The molecule has 5 saturated carbocycles. The lowest BCUT2D eigenvalue weighted by Crippen LogP contribution is -2.55. The van der Waals surface area contributed by atoms with Gasteiger partial charge in [0.2, 0.25) is 0 Å². The second-order valence-corrected chi connectivity index (χ2v) is 8.33. The molecule has 4 bridgehead atoms. The Morgan fingerprint density at radius 1 is 0.900 bits per heavy atom. The molecule has 0 aromatic carbocycles. The lowest BCUT2D eigenvalue weighted by Gasteiger charge is -2.54. The third kappa shape index (κ3) is 2.54. The standard InChI is InChI=1S/C18H32N2/c1-20(17-4-2-3-5-17)7-6-19-18-15-9-13-8-14(11-15)12-16(18)10-13/h13-19H,2-12H2,1H3. The summed E-state index contributed by atoms with van der Waals surface area (Å²) in [6.07, 6.45) is 13.5. The van der Waals surface area contributed by atoms with E-state index in [4.69, 9.17) is 0 Å². The zero-order valence-electron chi connectivity index (χ0n) is 13.2. The average Bonchev–Trinajstić information content (AvgIpc) is 2.95. The molecule has 20 heavy (non-hydrogen) atoms. The van der Waals surface area contributed by atoms with Gasteiger partial charge in [-0.15, -0.1) is 0 Å². The van der Waals surface area contributed by atoms with E-state index in [-0.39, 0.29) is 0 Å². The highest BCUT2D eigenvalue weighted by Gasteiger charge is 2.47. The van der Waals surface area contributed by atoms with E-state index < -0.39 is 0 Å². The summed E-state index contributed by atoms with van der Waals surface area (Å²) < 4.78 is 0. The van der Waals surface area contributed by atoms with Crippen molar-refractivity contribution in [3.05, 3.63) is 0 Å². The fourth-order valence-electron chi connectivity index (χ4n) is 6.19. The SMILES string of the molecule is CN(CCNC1C2CC3CC(C2)CC1C3)C1CCCC1. The van der Waals surface area contributed by atoms with Gasteiger partial charge in [-0.3, -0.25) is 0 Å². The van der Waals surface area contributed by atoms with E-state index in [9.17, 15) is 0 Å². The van der Waals surface area contributed by atoms with E-state index in [1.54, 1.807) is 32.1 Å². The van der Waals surface area contributed by atoms with Crippen LogP contribution in [0.25, 0.3) is 0 Å². The van der Waals surface area contributed by atoms with Crippen LogP contribution >= 0.6 is 0 Å². The molecule has 0 radical (unpaired) electrons. The Morgan fingerprint density at radius 3 is 2.10 bits per heavy atom. The highest BCUT2D eigenvalue weighted by molar-refractivity contribution is 5.01. The summed E-state index contributed by atoms with van der Waals surface area (Å²) in [6.45, 7) is 2.48. The zero-order valence-corrected chi connectivity index (χ0v) is 13.2. The largest absolute Gasteiger partial charge is 0.312 e. The Morgan fingerprint density at radius 2 is 1.50 bits per heavy atom. The molecule has 0 spiro atoms. The van der Waals surface area contributed by atoms with Crippen LogP contribution in [0.1, 0.15) is 57.8 Å². The van der Waals surface area contributed by atoms with Crippen LogP contribution in [0.3, 0.4) is 0 Å². The predicted octanol–water partition coefficient (Wildman–Crippen LogP) is 3.28. The highest BCUT2D eigenvalue weighted by atomic mass is 15.1. The molecule has 0 unspecified atom stereocenters. The predicted molar refractivity (Wildman–Crippen MR) is 83.7 cm³/mol. The van der Waals surface area contributed by atoms with Crippen molar-refractivity contribution in [2.24, 2.45) is 23.7 Å². The van der Waals surface area contributed by atoms with Crippen LogP contribution in [-0.4, -0.2) is 37.1 Å². The molecule has 1 N–H and O–H groups in total. The van der Waals surface area contributed by atoms with E-state index in [0.29, 0.717) is 0 Å². The minimum absolute atomic E-state index is 0.875. The van der Waals surface area contributed by atoms with Gasteiger partial charge in [0.25, 0.3) is 0 Å². The Labute approximate surface area is 124 Å².